The maximum atomic E-state index is 13.6. The van der Waals surface area contributed by atoms with Gasteiger partial charge in [0.25, 0.3) is 0 Å². The van der Waals surface area contributed by atoms with Crippen molar-refractivity contribution in [2.45, 2.75) is 26.4 Å². The summed E-state index contributed by atoms with van der Waals surface area (Å²) in [7, 11) is 1.48. The largest absolute Gasteiger partial charge is 0.497 e. The van der Waals surface area contributed by atoms with E-state index in [2.05, 4.69) is 5.32 Å². The summed E-state index contributed by atoms with van der Waals surface area (Å²) in [5, 5.41) is 2.56. The van der Waals surface area contributed by atoms with Crippen LogP contribution in [0.5, 0.6) is 5.75 Å². The normalized spacial score (nSPS) is 11.4. The Morgan fingerprint density at radius 1 is 1.40 bits per heavy atom. The first-order chi connectivity index (χ1) is 9.31. The average Bonchev–Trinajstić information content (AvgIpc) is 2.33. The molecule has 0 heterocycles. The van der Waals surface area contributed by atoms with Crippen molar-refractivity contribution in [3.63, 3.8) is 0 Å². The van der Waals surface area contributed by atoms with Gasteiger partial charge in [0.05, 0.1) is 7.11 Å². The summed E-state index contributed by atoms with van der Waals surface area (Å²) in [6, 6.07) is 4.59. The molecule has 0 aliphatic heterocycles. The number of amides is 1. The van der Waals surface area contributed by atoms with Crippen molar-refractivity contribution in [2.24, 2.45) is 0 Å². The number of methoxy groups -OCH3 is 1. The lowest BCUT2D eigenvalue weighted by Crippen LogP contribution is -2.32. The Labute approximate surface area is 118 Å². The predicted molar refractivity (Wildman–Crippen MR) is 76.2 cm³/mol. The number of carbonyl (C=O) groups is 1. The number of carbonyl (C=O) groups excluding carboxylic acids is 1. The van der Waals surface area contributed by atoms with E-state index in [1.165, 1.54) is 13.2 Å². The SMILES string of the molecule is COc1ccc(C=CCNC(=O)OC(C)(C)C)c(F)c1. The molecule has 0 saturated heterocycles. The molecule has 1 amide bonds. The molecular weight excluding hydrogens is 261 g/mol. The third-order valence-corrected chi connectivity index (χ3v) is 2.27. The fourth-order valence-corrected chi connectivity index (χ4v) is 1.41. The Balaban J connectivity index is 2.48. The molecule has 5 heteroatoms. The summed E-state index contributed by atoms with van der Waals surface area (Å²) in [5.74, 6) is 0.0874. The predicted octanol–water partition coefficient (Wildman–Crippen LogP) is 3.37. The summed E-state index contributed by atoms with van der Waals surface area (Å²) < 4.78 is 23.6. The Kier molecular flexibility index (Phi) is 5.55. The highest BCUT2D eigenvalue weighted by Gasteiger charge is 2.14. The van der Waals surface area contributed by atoms with E-state index < -0.39 is 11.7 Å². The van der Waals surface area contributed by atoms with Crippen LogP contribution in [0.4, 0.5) is 9.18 Å². The summed E-state index contributed by atoms with van der Waals surface area (Å²) in [4.78, 5) is 11.4. The summed E-state index contributed by atoms with van der Waals surface area (Å²) in [5.41, 5.74) is -0.104. The minimum absolute atomic E-state index is 0.264. The van der Waals surface area contributed by atoms with Crippen molar-refractivity contribution < 1.29 is 18.7 Å². The third kappa shape index (κ3) is 5.73. The van der Waals surface area contributed by atoms with Crippen molar-refractivity contribution in [1.82, 2.24) is 5.32 Å². The van der Waals surface area contributed by atoms with Crippen LogP contribution in [0.2, 0.25) is 0 Å². The second-order valence-corrected chi connectivity index (χ2v) is 5.17. The number of benzene rings is 1. The Bertz CT molecular complexity index is 492. The van der Waals surface area contributed by atoms with Gasteiger partial charge in [-0.1, -0.05) is 12.2 Å². The minimum Gasteiger partial charge on any atom is -0.497 e. The first-order valence-electron chi connectivity index (χ1n) is 6.29. The van der Waals surface area contributed by atoms with Crippen molar-refractivity contribution in [1.29, 1.82) is 0 Å². The standard InChI is InChI=1S/C15H20FNO3/c1-15(2,3)20-14(18)17-9-5-6-11-7-8-12(19-4)10-13(11)16/h5-8,10H,9H2,1-4H3,(H,17,18). The van der Waals surface area contributed by atoms with Crippen molar-refractivity contribution in [3.8, 4) is 5.75 Å². The molecule has 0 atom stereocenters. The van der Waals surface area contributed by atoms with Crippen LogP contribution < -0.4 is 10.1 Å². The Morgan fingerprint density at radius 2 is 2.10 bits per heavy atom. The highest BCUT2D eigenvalue weighted by Crippen LogP contribution is 2.17. The maximum Gasteiger partial charge on any atom is 0.407 e. The minimum atomic E-state index is -0.532. The van der Waals surface area contributed by atoms with E-state index in [-0.39, 0.29) is 12.4 Å². The van der Waals surface area contributed by atoms with Gasteiger partial charge in [-0.05, 0) is 32.9 Å². The zero-order valence-corrected chi connectivity index (χ0v) is 12.2. The van der Waals surface area contributed by atoms with Gasteiger partial charge in [-0.2, -0.15) is 0 Å². The molecule has 1 rings (SSSR count). The molecule has 0 bridgehead atoms. The lowest BCUT2D eigenvalue weighted by atomic mass is 10.2. The third-order valence-electron chi connectivity index (χ3n) is 2.27. The molecule has 0 unspecified atom stereocenters. The van der Waals surface area contributed by atoms with E-state index in [4.69, 9.17) is 9.47 Å². The lowest BCUT2D eigenvalue weighted by molar-refractivity contribution is 0.0534. The van der Waals surface area contributed by atoms with Gasteiger partial charge < -0.3 is 14.8 Å². The van der Waals surface area contributed by atoms with E-state index in [1.54, 1.807) is 45.1 Å². The topological polar surface area (TPSA) is 47.6 Å². The molecule has 110 valence electrons. The Morgan fingerprint density at radius 3 is 2.65 bits per heavy atom. The van der Waals surface area contributed by atoms with Gasteiger partial charge in [-0.15, -0.1) is 0 Å². The molecule has 0 aromatic heterocycles. The number of nitrogens with one attached hydrogen (secondary N) is 1. The van der Waals surface area contributed by atoms with Crippen LogP contribution in [0.25, 0.3) is 6.08 Å². The molecule has 20 heavy (non-hydrogen) atoms. The van der Waals surface area contributed by atoms with Gasteiger partial charge in [0.1, 0.15) is 17.2 Å². The number of ether oxygens (including phenoxy) is 2. The molecule has 0 aliphatic carbocycles. The molecule has 0 spiro atoms. The first kappa shape index (κ1) is 16.0. The summed E-state index contributed by atoms with van der Waals surface area (Å²) in [6.07, 6.45) is 2.73. The number of halogens is 1. The van der Waals surface area contributed by atoms with Gasteiger partial charge in [-0.3, -0.25) is 0 Å². The molecule has 1 N–H and O–H groups in total. The quantitative estimate of drug-likeness (QED) is 0.920. The highest BCUT2D eigenvalue weighted by molar-refractivity contribution is 5.68. The second kappa shape index (κ2) is 6.93. The van der Waals surface area contributed by atoms with E-state index >= 15 is 0 Å². The first-order valence-corrected chi connectivity index (χ1v) is 6.29. The number of alkyl carbamates (subject to hydrolysis) is 1. The van der Waals surface area contributed by atoms with Crippen LogP contribution in [-0.2, 0) is 4.74 Å². The van der Waals surface area contributed by atoms with Gasteiger partial charge in [0.15, 0.2) is 0 Å². The van der Waals surface area contributed by atoms with Gasteiger partial charge >= 0.3 is 6.09 Å². The molecular formula is C15H20FNO3. The molecule has 0 radical (unpaired) electrons. The van der Waals surface area contributed by atoms with E-state index in [9.17, 15) is 9.18 Å². The highest BCUT2D eigenvalue weighted by atomic mass is 19.1. The lowest BCUT2D eigenvalue weighted by Gasteiger charge is -2.19. The van der Waals surface area contributed by atoms with Crippen LogP contribution in [0.15, 0.2) is 24.3 Å². The maximum absolute atomic E-state index is 13.6. The fraction of sp³-hybridized carbons (Fsp3) is 0.400. The zero-order chi connectivity index (χ0) is 15.2. The monoisotopic (exact) mass is 281 g/mol. The fourth-order valence-electron chi connectivity index (χ4n) is 1.41. The van der Waals surface area contributed by atoms with Crippen molar-refractivity contribution in [3.05, 3.63) is 35.7 Å². The van der Waals surface area contributed by atoms with Crippen LogP contribution in [0, 0.1) is 5.82 Å². The van der Waals surface area contributed by atoms with Crippen molar-refractivity contribution >= 4 is 12.2 Å². The summed E-state index contributed by atoms with van der Waals surface area (Å²) >= 11 is 0. The average molecular weight is 281 g/mol. The van der Waals surface area contributed by atoms with Gasteiger partial charge in [0, 0.05) is 18.2 Å². The van der Waals surface area contributed by atoms with E-state index in [0.717, 1.165) is 0 Å². The second-order valence-electron chi connectivity index (χ2n) is 5.17. The number of hydrogen-bond acceptors (Lipinski definition) is 3. The van der Waals surface area contributed by atoms with Gasteiger partial charge in [0.2, 0.25) is 0 Å². The molecule has 1 aromatic rings. The van der Waals surface area contributed by atoms with Crippen LogP contribution in [0.3, 0.4) is 0 Å². The molecule has 1 aromatic carbocycles. The zero-order valence-electron chi connectivity index (χ0n) is 12.2. The smallest absolute Gasteiger partial charge is 0.407 e. The molecule has 0 saturated carbocycles. The van der Waals surface area contributed by atoms with Gasteiger partial charge in [-0.25, -0.2) is 9.18 Å². The van der Waals surface area contributed by atoms with E-state index in [0.29, 0.717) is 11.3 Å². The molecule has 0 aliphatic rings. The number of hydrogen-bond donors (Lipinski definition) is 1. The molecule has 0 fully saturated rings. The molecule has 4 nitrogen and oxygen atoms in total. The Hall–Kier alpha value is -2.04. The van der Waals surface area contributed by atoms with Crippen LogP contribution in [0.1, 0.15) is 26.3 Å². The number of rotatable bonds is 4. The van der Waals surface area contributed by atoms with Crippen LogP contribution >= 0.6 is 0 Å². The van der Waals surface area contributed by atoms with Crippen LogP contribution in [-0.4, -0.2) is 25.3 Å². The van der Waals surface area contributed by atoms with Crippen molar-refractivity contribution in [2.75, 3.05) is 13.7 Å². The summed E-state index contributed by atoms with van der Waals surface area (Å²) in [6.45, 7) is 5.62. The van der Waals surface area contributed by atoms with E-state index in [1.807, 2.05) is 0 Å².